The third-order valence-corrected chi connectivity index (χ3v) is 6.70. The smallest absolute Gasteiger partial charge is 0.222 e. The lowest BCUT2D eigenvalue weighted by molar-refractivity contribution is -0.131. The fraction of sp³-hybridized carbons (Fsp3) is 0.250. The molecule has 4 rings (SSSR count). The Morgan fingerprint density at radius 1 is 1.11 bits per heavy atom. The highest BCUT2D eigenvalue weighted by Crippen LogP contribution is 2.30. The lowest BCUT2D eigenvalue weighted by Crippen LogP contribution is -2.31. The minimum atomic E-state index is 0.0290. The van der Waals surface area contributed by atoms with Crippen LogP contribution in [0.1, 0.15) is 24.8 Å². The molecule has 0 saturated carbocycles. The summed E-state index contributed by atoms with van der Waals surface area (Å²) in [6, 6.07) is 23.6. The normalized spacial score (nSPS) is 10.6. The Morgan fingerprint density at radius 2 is 1.97 bits per heavy atom. The molecule has 0 radical (unpaired) electrons. The summed E-state index contributed by atoms with van der Waals surface area (Å²) in [5.74, 6) is 2.21. The van der Waals surface area contributed by atoms with Crippen LogP contribution in [0.4, 0.5) is 0 Å². The van der Waals surface area contributed by atoms with Gasteiger partial charge in [0.05, 0.1) is 19.6 Å². The van der Waals surface area contributed by atoms with E-state index in [1.807, 2.05) is 71.3 Å². The van der Waals surface area contributed by atoms with Crippen LogP contribution in [0.5, 0.6) is 5.75 Å². The van der Waals surface area contributed by atoms with Gasteiger partial charge in [0.2, 0.25) is 5.91 Å². The van der Waals surface area contributed by atoms with E-state index in [1.54, 1.807) is 36.2 Å². The number of nitrogens with zero attached hydrogens (tertiary/aromatic N) is 6. The maximum absolute atomic E-state index is 12.9. The number of benzene rings is 2. The monoisotopic (exact) mass is 512 g/mol. The van der Waals surface area contributed by atoms with Gasteiger partial charge in [-0.15, -0.1) is 10.2 Å². The lowest BCUT2D eigenvalue weighted by Gasteiger charge is -2.21. The van der Waals surface area contributed by atoms with Gasteiger partial charge in [-0.25, -0.2) is 0 Å². The van der Waals surface area contributed by atoms with Crippen LogP contribution in [0, 0.1) is 11.3 Å². The third kappa shape index (κ3) is 6.96. The zero-order valence-electron chi connectivity index (χ0n) is 20.7. The van der Waals surface area contributed by atoms with E-state index in [4.69, 9.17) is 10.00 Å². The molecule has 0 fully saturated rings. The highest BCUT2D eigenvalue weighted by molar-refractivity contribution is 7.99. The number of nitriles is 1. The van der Waals surface area contributed by atoms with Crippen LogP contribution in [0.25, 0.3) is 17.1 Å². The number of carbonyl (C=O) groups excluding carboxylic acids is 1. The molecule has 0 saturated heterocycles. The molecule has 0 unspecified atom stereocenters. The van der Waals surface area contributed by atoms with E-state index in [9.17, 15) is 4.79 Å². The molecule has 8 nitrogen and oxygen atoms in total. The van der Waals surface area contributed by atoms with Crippen molar-refractivity contribution < 1.29 is 9.53 Å². The number of hydrogen-bond donors (Lipinski definition) is 0. The molecule has 2 aromatic heterocycles. The number of rotatable bonds is 12. The zero-order valence-corrected chi connectivity index (χ0v) is 21.5. The first kappa shape index (κ1) is 25.9. The second kappa shape index (κ2) is 13.2. The SMILES string of the molecule is COc1cccc(-c2nnc(SCCCC(=O)N(CCC#N)Cc3cccnc3)n2-c2ccccc2)c1. The quantitative estimate of drug-likeness (QED) is 0.191. The molecule has 2 aromatic carbocycles. The Bertz CT molecular complexity index is 1340. The summed E-state index contributed by atoms with van der Waals surface area (Å²) in [5.41, 5.74) is 2.81. The molecule has 0 atom stereocenters. The van der Waals surface area contributed by atoms with Gasteiger partial charge >= 0.3 is 0 Å². The number of methoxy groups -OCH3 is 1. The van der Waals surface area contributed by atoms with Gasteiger partial charge in [-0.05, 0) is 42.3 Å². The van der Waals surface area contributed by atoms with Crippen molar-refractivity contribution in [3.8, 4) is 28.9 Å². The number of ether oxygens (including phenoxy) is 1. The minimum Gasteiger partial charge on any atom is -0.497 e. The highest BCUT2D eigenvalue weighted by Gasteiger charge is 2.18. The van der Waals surface area contributed by atoms with Gasteiger partial charge in [0.15, 0.2) is 11.0 Å². The number of thioether (sulfide) groups is 1. The summed E-state index contributed by atoms with van der Waals surface area (Å²) in [5, 5.41) is 18.7. The highest BCUT2D eigenvalue weighted by atomic mass is 32.2. The number of pyridine rings is 1. The van der Waals surface area contributed by atoms with E-state index < -0.39 is 0 Å². The third-order valence-electron chi connectivity index (χ3n) is 5.68. The van der Waals surface area contributed by atoms with Crippen LogP contribution in [-0.2, 0) is 11.3 Å². The van der Waals surface area contributed by atoms with Crippen molar-refractivity contribution in [2.75, 3.05) is 19.4 Å². The molecule has 1 amide bonds. The fourth-order valence-electron chi connectivity index (χ4n) is 3.86. The van der Waals surface area contributed by atoms with Gasteiger partial charge in [-0.3, -0.25) is 14.3 Å². The van der Waals surface area contributed by atoms with Crippen molar-refractivity contribution in [2.24, 2.45) is 0 Å². The summed E-state index contributed by atoms with van der Waals surface area (Å²) in [7, 11) is 1.64. The average molecular weight is 513 g/mol. The van der Waals surface area contributed by atoms with E-state index in [2.05, 4.69) is 21.3 Å². The van der Waals surface area contributed by atoms with Gasteiger partial charge in [0.1, 0.15) is 5.75 Å². The molecule has 0 spiro atoms. The molecule has 9 heteroatoms. The maximum Gasteiger partial charge on any atom is 0.222 e. The van der Waals surface area contributed by atoms with Gasteiger partial charge in [-0.2, -0.15) is 5.26 Å². The zero-order chi connectivity index (χ0) is 25.9. The molecule has 0 aliphatic heterocycles. The van der Waals surface area contributed by atoms with E-state index >= 15 is 0 Å². The number of carbonyl (C=O) groups is 1. The molecular formula is C28H28N6O2S. The summed E-state index contributed by atoms with van der Waals surface area (Å²) < 4.78 is 7.42. The number of hydrogen-bond acceptors (Lipinski definition) is 7. The summed E-state index contributed by atoms with van der Waals surface area (Å²) in [6.45, 7) is 0.858. The van der Waals surface area contributed by atoms with Gasteiger partial charge < -0.3 is 9.64 Å². The van der Waals surface area contributed by atoms with Crippen LogP contribution < -0.4 is 4.74 Å². The number of amides is 1. The van der Waals surface area contributed by atoms with Crippen molar-refractivity contribution in [3.63, 3.8) is 0 Å². The molecule has 0 aliphatic rings. The molecule has 0 N–H and O–H groups in total. The Hall–Kier alpha value is -4.16. The second-order valence-electron chi connectivity index (χ2n) is 8.25. The van der Waals surface area contributed by atoms with Crippen molar-refractivity contribution in [3.05, 3.63) is 84.7 Å². The first-order valence-electron chi connectivity index (χ1n) is 12.0. The van der Waals surface area contributed by atoms with E-state index in [-0.39, 0.29) is 5.91 Å². The first-order valence-corrected chi connectivity index (χ1v) is 13.0. The van der Waals surface area contributed by atoms with Crippen LogP contribution in [0.3, 0.4) is 0 Å². The molecule has 2 heterocycles. The van der Waals surface area contributed by atoms with Gasteiger partial charge in [0, 0.05) is 48.9 Å². The second-order valence-corrected chi connectivity index (χ2v) is 9.31. The van der Waals surface area contributed by atoms with Crippen molar-refractivity contribution >= 4 is 17.7 Å². The van der Waals surface area contributed by atoms with Gasteiger partial charge in [0.25, 0.3) is 0 Å². The van der Waals surface area contributed by atoms with E-state index in [0.717, 1.165) is 33.5 Å². The van der Waals surface area contributed by atoms with Gasteiger partial charge in [-0.1, -0.05) is 48.2 Å². The summed E-state index contributed by atoms with van der Waals surface area (Å²) >= 11 is 1.57. The van der Waals surface area contributed by atoms with Crippen molar-refractivity contribution in [1.29, 1.82) is 5.26 Å². The van der Waals surface area contributed by atoms with Crippen molar-refractivity contribution in [2.45, 2.75) is 31.0 Å². The molecular weight excluding hydrogens is 484 g/mol. The summed E-state index contributed by atoms with van der Waals surface area (Å²) in [4.78, 5) is 18.8. The Balaban J connectivity index is 1.44. The first-order chi connectivity index (χ1) is 18.2. The van der Waals surface area contributed by atoms with E-state index in [1.165, 1.54) is 0 Å². The number of para-hydroxylation sites is 1. The minimum absolute atomic E-state index is 0.0290. The van der Waals surface area contributed by atoms with Crippen LogP contribution in [0.2, 0.25) is 0 Å². The molecule has 0 aliphatic carbocycles. The summed E-state index contributed by atoms with van der Waals surface area (Å²) in [6.07, 6.45) is 4.82. The standard InChI is InChI=1S/C28H28N6O2S/c1-36-25-13-5-10-23(19-25)27-31-32-28(34(27)24-11-3-2-4-12-24)37-18-7-14-26(35)33(17-8-15-29)21-22-9-6-16-30-20-22/h2-6,9-13,16,19-20H,7-8,14,17-18,21H2,1H3. The molecule has 188 valence electrons. The molecule has 4 aromatic rings. The van der Waals surface area contributed by atoms with Crippen LogP contribution in [-0.4, -0.2) is 50.0 Å². The van der Waals surface area contributed by atoms with E-state index in [0.29, 0.717) is 38.1 Å². The maximum atomic E-state index is 12.9. The predicted octanol–water partition coefficient (Wildman–Crippen LogP) is 5.15. The topological polar surface area (TPSA) is 96.9 Å². The van der Waals surface area contributed by atoms with Crippen LogP contribution in [0.15, 0.2) is 84.3 Å². The lowest BCUT2D eigenvalue weighted by atomic mass is 10.2. The van der Waals surface area contributed by atoms with Crippen molar-refractivity contribution in [1.82, 2.24) is 24.6 Å². The fourth-order valence-corrected chi connectivity index (χ4v) is 4.75. The molecule has 0 bridgehead atoms. The average Bonchev–Trinajstić information content (AvgIpc) is 3.38. The van der Waals surface area contributed by atoms with Crippen LogP contribution >= 0.6 is 11.8 Å². The Labute approximate surface area is 220 Å². The number of aromatic nitrogens is 4. The largest absolute Gasteiger partial charge is 0.497 e. The Kier molecular flexibility index (Phi) is 9.27. The Morgan fingerprint density at radius 3 is 2.73 bits per heavy atom. The molecule has 37 heavy (non-hydrogen) atoms. The predicted molar refractivity (Wildman–Crippen MR) is 143 cm³/mol.